The highest BCUT2D eigenvalue weighted by atomic mass is 32.2. The van der Waals surface area contributed by atoms with Gasteiger partial charge in [0.15, 0.2) is 11.3 Å². The number of aliphatic hydroxyl groups excluding tert-OH is 1. The van der Waals surface area contributed by atoms with E-state index in [0.717, 1.165) is 12.8 Å². The van der Waals surface area contributed by atoms with Crippen LogP contribution in [0.25, 0.3) is 16.9 Å². The lowest BCUT2D eigenvalue weighted by molar-refractivity contribution is 0.254. The van der Waals surface area contributed by atoms with Crippen molar-refractivity contribution in [2.75, 3.05) is 24.7 Å². The van der Waals surface area contributed by atoms with Gasteiger partial charge in [-0.05, 0) is 51.3 Å². The second-order valence-corrected chi connectivity index (χ2v) is 13.4. The molecule has 0 amide bonds. The third-order valence-electron chi connectivity index (χ3n) is 6.63. The van der Waals surface area contributed by atoms with Crippen molar-refractivity contribution in [3.8, 4) is 17.1 Å². The molecule has 14 heteroatoms. The van der Waals surface area contributed by atoms with Crippen molar-refractivity contribution in [1.82, 2.24) is 24.3 Å². The van der Waals surface area contributed by atoms with E-state index >= 15 is 0 Å². The van der Waals surface area contributed by atoms with Crippen molar-refractivity contribution >= 4 is 25.4 Å². The van der Waals surface area contributed by atoms with E-state index in [-0.39, 0.29) is 46.7 Å². The summed E-state index contributed by atoms with van der Waals surface area (Å²) < 4.78 is 59.8. The number of sulfone groups is 1. The van der Waals surface area contributed by atoms with Gasteiger partial charge in [-0.25, -0.2) is 31.1 Å². The molecular weight excluding hydrogens is 546 g/mol. The highest BCUT2D eigenvalue weighted by Gasteiger charge is 2.25. The Bertz CT molecular complexity index is 1580. The van der Waals surface area contributed by atoms with Crippen LogP contribution in [0.3, 0.4) is 0 Å². The number of nitrogens with one attached hydrogen (secondary N) is 2. The third kappa shape index (κ3) is 6.86. The van der Waals surface area contributed by atoms with E-state index in [1.165, 1.54) is 29.6 Å². The van der Waals surface area contributed by atoms with Gasteiger partial charge in [0.25, 0.3) is 5.56 Å². The average Bonchev–Trinajstić information content (AvgIpc) is 3.24. The summed E-state index contributed by atoms with van der Waals surface area (Å²) in [5, 5.41) is 14.3. The summed E-state index contributed by atoms with van der Waals surface area (Å²) in [5.74, 6) is 0.794. The van der Waals surface area contributed by atoms with Crippen LogP contribution in [-0.4, -0.2) is 72.3 Å². The van der Waals surface area contributed by atoms with Crippen molar-refractivity contribution in [1.29, 1.82) is 0 Å². The van der Waals surface area contributed by atoms with Gasteiger partial charge in [0.1, 0.15) is 21.4 Å². The van der Waals surface area contributed by atoms with Crippen molar-refractivity contribution in [2.24, 2.45) is 0 Å². The molecule has 0 aliphatic rings. The maximum atomic E-state index is 13.2. The zero-order valence-corrected chi connectivity index (χ0v) is 24.5. The molecule has 0 saturated carbocycles. The summed E-state index contributed by atoms with van der Waals surface area (Å²) in [5.41, 5.74) is 0.683. The molecule has 12 nitrogen and oxygen atoms in total. The largest absolute Gasteiger partial charge is 0.493 e. The Labute approximate surface area is 228 Å². The van der Waals surface area contributed by atoms with Crippen LogP contribution in [0.2, 0.25) is 0 Å². The molecule has 39 heavy (non-hydrogen) atoms. The predicted octanol–water partition coefficient (Wildman–Crippen LogP) is 2.16. The first-order chi connectivity index (χ1) is 18.4. The molecule has 1 unspecified atom stereocenters. The Morgan fingerprint density at radius 1 is 1.13 bits per heavy atom. The Hall–Kier alpha value is -2.81. The van der Waals surface area contributed by atoms with E-state index in [0.29, 0.717) is 22.8 Å². The molecule has 0 aliphatic carbocycles. The number of aromatic amines is 1. The molecule has 3 N–H and O–H groups in total. The van der Waals surface area contributed by atoms with Crippen molar-refractivity contribution in [3.05, 3.63) is 40.1 Å². The zero-order chi connectivity index (χ0) is 29.0. The highest BCUT2D eigenvalue weighted by molar-refractivity contribution is 7.91. The molecule has 3 rings (SSSR count). The van der Waals surface area contributed by atoms with Crippen LogP contribution >= 0.6 is 0 Å². The minimum Gasteiger partial charge on any atom is -0.493 e. The van der Waals surface area contributed by atoms with Gasteiger partial charge in [-0.3, -0.25) is 4.79 Å². The lowest BCUT2D eigenvalue weighted by Gasteiger charge is -2.18. The molecule has 0 aliphatic heterocycles. The van der Waals surface area contributed by atoms with E-state index < -0.39 is 38.1 Å². The molecule has 1 atom stereocenters. The summed E-state index contributed by atoms with van der Waals surface area (Å²) in [7, 11) is -7.53. The fourth-order valence-electron chi connectivity index (χ4n) is 4.32. The number of benzene rings is 1. The summed E-state index contributed by atoms with van der Waals surface area (Å²) in [6.07, 6.45) is 1.52. The number of fused-ring (bicyclic) bond motifs is 1. The Morgan fingerprint density at radius 2 is 1.82 bits per heavy atom. The fraction of sp³-hybridized carbons (Fsp3) is 0.560. The van der Waals surface area contributed by atoms with Gasteiger partial charge < -0.3 is 14.8 Å². The molecular formula is C25H37N5O7S2. The summed E-state index contributed by atoms with van der Waals surface area (Å²) in [4.78, 5) is 20.3. The molecule has 0 bridgehead atoms. The maximum absolute atomic E-state index is 13.2. The number of aromatic nitrogens is 4. The van der Waals surface area contributed by atoms with Gasteiger partial charge in [-0.2, -0.15) is 0 Å². The van der Waals surface area contributed by atoms with Gasteiger partial charge in [-0.1, -0.05) is 20.8 Å². The molecule has 0 fully saturated rings. The number of H-pyrrole nitrogens is 1. The number of imidazole rings is 1. The molecule has 0 spiro atoms. The second-order valence-electron chi connectivity index (χ2n) is 9.25. The van der Waals surface area contributed by atoms with Gasteiger partial charge in [0.2, 0.25) is 10.0 Å². The standard InChI is InChI=1S/C25H37N5O7S2/c1-6-17(7-2)24-26-16(5)22-25(32)27-23(28-30(22)24)20-14-19(10-11-21(20)37-8-3)39(35,36)29-18(15-31)12-13-38(33,34)9-4/h10-11,14,17-18,29,31H,6-9,12-13,15H2,1-5H3,(H,27,28,32). The van der Waals surface area contributed by atoms with Crippen LogP contribution in [0.15, 0.2) is 27.9 Å². The van der Waals surface area contributed by atoms with Gasteiger partial charge >= 0.3 is 0 Å². The quantitative estimate of drug-likeness (QED) is 0.257. The minimum absolute atomic E-state index is 0.0718. The second kappa shape index (κ2) is 12.6. The molecule has 0 saturated heterocycles. The lowest BCUT2D eigenvalue weighted by atomic mass is 10.0. The fourth-order valence-corrected chi connectivity index (χ4v) is 6.54. The molecule has 0 radical (unpaired) electrons. The number of hydrogen-bond donors (Lipinski definition) is 3. The van der Waals surface area contributed by atoms with Gasteiger partial charge in [0.05, 0.1) is 35.1 Å². The van der Waals surface area contributed by atoms with Crippen molar-refractivity contribution in [3.63, 3.8) is 0 Å². The Kier molecular flexibility index (Phi) is 9.91. The molecule has 2 heterocycles. The normalized spacial score (nSPS) is 13.3. The Balaban J connectivity index is 2.10. The first-order valence-corrected chi connectivity index (χ1v) is 16.3. The number of aryl methyl sites for hydroxylation is 1. The number of rotatable bonds is 14. The Morgan fingerprint density at radius 3 is 2.41 bits per heavy atom. The smallest absolute Gasteiger partial charge is 0.277 e. The van der Waals surface area contributed by atoms with Gasteiger partial charge in [-0.15, -0.1) is 5.10 Å². The summed E-state index contributed by atoms with van der Waals surface area (Å²) >= 11 is 0. The van der Waals surface area contributed by atoms with Crippen molar-refractivity contribution < 1.29 is 26.7 Å². The predicted molar refractivity (Wildman–Crippen MR) is 148 cm³/mol. The SMILES string of the molecule is CCOc1ccc(S(=O)(=O)NC(CO)CCS(=O)(=O)CC)cc1-c1nn2c(C(CC)CC)nc(C)c2c(=O)[nH]1. The van der Waals surface area contributed by atoms with Crippen LogP contribution in [0, 0.1) is 6.92 Å². The van der Waals surface area contributed by atoms with Crippen molar-refractivity contribution in [2.45, 2.75) is 70.7 Å². The molecule has 1 aromatic carbocycles. The van der Waals surface area contributed by atoms with Crippen LogP contribution < -0.4 is 15.0 Å². The first kappa shape index (κ1) is 30.7. The summed E-state index contributed by atoms with van der Waals surface area (Å²) in [6.45, 7) is 8.79. The lowest BCUT2D eigenvalue weighted by Crippen LogP contribution is -2.38. The minimum atomic E-state index is -4.19. The van der Waals surface area contributed by atoms with Crippen LogP contribution in [0.5, 0.6) is 5.75 Å². The topological polar surface area (TPSA) is 173 Å². The highest BCUT2D eigenvalue weighted by Crippen LogP contribution is 2.31. The monoisotopic (exact) mass is 583 g/mol. The number of aliphatic hydroxyl groups is 1. The van der Waals surface area contributed by atoms with E-state index in [9.17, 15) is 26.7 Å². The molecule has 2 aromatic heterocycles. The van der Waals surface area contributed by atoms with Crippen LogP contribution in [0.4, 0.5) is 0 Å². The first-order valence-electron chi connectivity index (χ1n) is 13.0. The van der Waals surface area contributed by atoms with Crippen LogP contribution in [-0.2, 0) is 19.9 Å². The van der Waals surface area contributed by atoms with E-state index in [1.54, 1.807) is 13.8 Å². The number of ether oxygens (including phenoxy) is 1. The molecule has 3 aromatic rings. The van der Waals surface area contributed by atoms with E-state index in [1.807, 2.05) is 13.8 Å². The summed E-state index contributed by atoms with van der Waals surface area (Å²) in [6, 6.07) is 3.13. The number of sulfonamides is 1. The zero-order valence-electron chi connectivity index (χ0n) is 22.9. The third-order valence-corrected chi connectivity index (χ3v) is 9.88. The number of nitrogens with zero attached hydrogens (tertiary/aromatic N) is 3. The van der Waals surface area contributed by atoms with Gasteiger partial charge in [0, 0.05) is 17.7 Å². The average molecular weight is 584 g/mol. The maximum Gasteiger partial charge on any atom is 0.277 e. The van der Waals surface area contributed by atoms with E-state index in [2.05, 4.69) is 19.8 Å². The number of hydrogen-bond acceptors (Lipinski definition) is 9. The molecule has 216 valence electrons. The van der Waals surface area contributed by atoms with Crippen LogP contribution in [0.1, 0.15) is 64.4 Å². The van der Waals surface area contributed by atoms with E-state index in [4.69, 9.17) is 4.74 Å².